The lowest BCUT2D eigenvalue weighted by atomic mass is 10.2. The maximum atomic E-state index is 8.85. The average Bonchev–Trinajstić information content (AvgIpc) is 2.95. The van der Waals surface area contributed by atoms with E-state index in [9.17, 15) is 0 Å². The second kappa shape index (κ2) is 5.69. The van der Waals surface area contributed by atoms with E-state index in [2.05, 4.69) is 4.98 Å². The molecule has 0 aliphatic heterocycles. The van der Waals surface area contributed by atoms with Crippen molar-refractivity contribution in [3.8, 4) is 12.1 Å². The fraction of sp³-hybridized carbons (Fsp3) is 0.182. The molecule has 7 heteroatoms. The fourth-order valence-corrected chi connectivity index (χ4v) is 2.91. The van der Waals surface area contributed by atoms with E-state index in [0.29, 0.717) is 11.4 Å². The van der Waals surface area contributed by atoms with Crippen molar-refractivity contribution in [3.05, 3.63) is 22.8 Å². The summed E-state index contributed by atoms with van der Waals surface area (Å²) < 4.78 is 1.83. The topological polar surface area (TPSA) is 85.1 Å². The lowest BCUT2D eigenvalue weighted by molar-refractivity contribution is 0.322. The van der Waals surface area contributed by atoms with Crippen molar-refractivity contribution in [1.29, 1.82) is 10.5 Å². The van der Waals surface area contributed by atoms with Crippen LogP contribution in [0.5, 0.6) is 0 Å². The van der Waals surface area contributed by atoms with Crippen LogP contribution in [0.4, 0.5) is 0 Å². The van der Waals surface area contributed by atoms with E-state index >= 15 is 0 Å². The van der Waals surface area contributed by atoms with Gasteiger partial charge in [0.1, 0.15) is 22.7 Å². The van der Waals surface area contributed by atoms with Crippen molar-refractivity contribution >= 4 is 34.1 Å². The van der Waals surface area contributed by atoms with Crippen LogP contribution in [0.25, 0.3) is 11.0 Å². The molecular formula is C11H8N4OS2. The molecule has 2 aromatic heterocycles. The highest BCUT2D eigenvalue weighted by molar-refractivity contribution is 7.99. The lowest BCUT2D eigenvalue weighted by Crippen LogP contribution is -1.89. The van der Waals surface area contributed by atoms with Crippen LogP contribution in [-0.4, -0.2) is 26.9 Å². The van der Waals surface area contributed by atoms with Gasteiger partial charge in [-0.2, -0.15) is 10.5 Å². The molecule has 2 heterocycles. The largest absolute Gasteiger partial charge is 0.396 e. The van der Waals surface area contributed by atoms with Crippen LogP contribution >= 0.6 is 23.1 Å². The number of aromatic nitrogens is 2. The zero-order valence-electron chi connectivity index (χ0n) is 9.20. The molecule has 0 aliphatic carbocycles. The Balaban J connectivity index is 2.51. The molecule has 0 saturated carbocycles. The van der Waals surface area contributed by atoms with E-state index in [1.165, 1.54) is 29.2 Å². The molecule has 0 amide bonds. The smallest absolute Gasteiger partial charge is 0.195 e. The van der Waals surface area contributed by atoms with Gasteiger partial charge in [0.2, 0.25) is 0 Å². The lowest BCUT2D eigenvalue weighted by Gasteiger charge is -1.97. The molecule has 0 aromatic carbocycles. The van der Waals surface area contributed by atoms with E-state index in [0.717, 1.165) is 9.99 Å². The van der Waals surface area contributed by atoms with Gasteiger partial charge in [-0.1, -0.05) is 0 Å². The number of fused-ring (bicyclic) bond motifs is 1. The molecule has 0 unspecified atom stereocenters. The van der Waals surface area contributed by atoms with Gasteiger partial charge in [0.05, 0.1) is 12.3 Å². The van der Waals surface area contributed by atoms with Crippen molar-refractivity contribution in [2.24, 2.45) is 0 Å². The Morgan fingerprint density at radius 3 is 3.00 bits per heavy atom. The Kier molecular flexibility index (Phi) is 4.00. The minimum Gasteiger partial charge on any atom is -0.396 e. The first-order valence-corrected chi connectivity index (χ1v) is 6.87. The maximum Gasteiger partial charge on any atom is 0.195 e. The molecule has 2 rings (SSSR count). The number of aliphatic hydroxyl groups excluding tert-OH is 1. The summed E-state index contributed by atoms with van der Waals surface area (Å²) in [5, 5.41) is 29.1. The minimum atomic E-state index is 0.0360. The third-order valence-electron chi connectivity index (χ3n) is 2.12. The monoisotopic (exact) mass is 276 g/mol. The Hall–Kier alpha value is -1.80. The number of thioether (sulfide) groups is 1. The quantitative estimate of drug-likeness (QED) is 0.681. The van der Waals surface area contributed by atoms with E-state index in [1.54, 1.807) is 0 Å². The van der Waals surface area contributed by atoms with Gasteiger partial charge < -0.3 is 5.11 Å². The van der Waals surface area contributed by atoms with Crippen LogP contribution < -0.4 is 0 Å². The molecule has 0 fully saturated rings. The van der Waals surface area contributed by atoms with Gasteiger partial charge in [-0.25, -0.2) is 4.98 Å². The number of thiazole rings is 1. The molecule has 0 saturated heterocycles. The number of rotatable bonds is 4. The number of aliphatic hydroxyl groups is 1. The highest BCUT2D eigenvalue weighted by Gasteiger charge is 2.12. The summed E-state index contributed by atoms with van der Waals surface area (Å²) in [6, 6.07) is 3.67. The molecule has 0 radical (unpaired) electrons. The molecule has 0 bridgehead atoms. The molecule has 5 nitrogen and oxygen atoms in total. The first-order valence-electron chi connectivity index (χ1n) is 5.01. The SMILES string of the molecule is N#CC(C#N)=Cc1c(SCCO)nc2sccn12. The molecule has 0 atom stereocenters. The summed E-state index contributed by atoms with van der Waals surface area (Å²) in [5.74, 6) is 0.528. The predicted molar refractivity (Wildman–Crippen MR) is 70.1 cm³/mol. The van der Waals surface area contributed by atoms with Crippen LogP contribution in [0.2, 0.25) is 0 Å². The van der Waals surface area contributed by atoms with Crippen molar-refractivity contribution in [3.63, 3.8) is 0 Å². The standard InChI is InChI=1S/C11H8N4OS2/c12-6-8(7-13)5-9-10(17-4-2-16)14-11-15(9)1-3-18-11/h1,3,5,16H,2,4H2. The average molecular weight is 276 g/mol. The first-order chi connectivity index (χ1) is 8.80. The van der Waals surface area contributed by atoms with E-state index in [-0.39, 0.29) is 12.2 Å². The van der Waals surface area contributed by atoms with Crippen LogP contribution in [0.15, 0.2) is 22.2 Å². The highest BCUT2D eigenvalue weighted by atomic mass is 32.2. The zero-order valence-corrected chi connectivity index (χ0v) is 10.8. The Morgan fingerprint density at radius 1 is 1.56 bits per heavy atom. The summed E-state index contributed by atoms with van der Waals surface area (Å²) >= 11 is 2.88. The Bertz CT molecular complexity index is 655. The van der Waals surface area contributed by atoms with Crippen LogP contribution in [0.1, 0.15) is 5.69 Å². The summed E-state index contributed by atoms with van der Waals surface area (Å²) in [6.07, 6.45) is 3.36. The predicted octanol–water partition coefficient (Wildman–Crippen LogP) is 1.91. The van der Waals surface area contributed by atoms with Gasteiger partial charge in [0.15, 0.2) is 4.96 Å². The number of imidazole rings is 1. The summed E-state index contributed by atoms with van der Waals surface area (Å²) in [7, 11) is 0. The van der Waals surface area contributed by atoms with E-state index in [4.69, 9.17) is 15.6 Å². The van der Waals surface area contributed by atoms with Gasteiger partial charge in [-0.15, -0.1) is 23.1 Å². The van der Waals surface area contributed by atoms with Crippen LogP contribution in [0, 0.1) is 22.7 Å². The van der Waals surface area contributed by atoms with Crippen molar-refractivity contribution < 1.29 is 5.11 Å². The third kappa shape index (κ3) is 2.39. The molecule has 2 aromatic rings. The third-order valence-corrected chi connectivity index (χ3v) is 3.83. The second-order valence-corrected chi connectivity index (χ2v) is 5.17. The molecular weight excluding hydrogens is 268 g/mol. The van der Waals surface area contributed by atoms with Gasteiger partial charge >= 0.3 is 0 Å². The van der Waals surface area contributed by atoms with Crippen molar-refractivity contribution in [2.45, 2.75) is 5.03 Å². The van der Waals surface area contributed by atoms with Crippen molar-refractivity contribution in [1.82, 2.24) is 9.38 Å². The molecule has 1 N–H and O–H groups in total. The van der Waals surface area contributed by atoms with Gasteiger partial charge in [0, 0.05) is 17.3 Å². The van der Waals surface area contributed by atoms with Gasteiger partial charge in [-0.05, 0) is 6.08 Å². The van der Waals surface area contributed by atoms with Gasteiger partial charge in [-0.3, -0.25) is 4.40 Å². The molecule has 18 heavy (non-hydrogen) atoms. The van der Waals surface area contributed by atoms with Gasteiger partial charge in [0.25, 0.3) is 0 Å². The maximum absolute atomic E-state index is 8.85. The zero-order chi connectivity index (χ0) is 13.0. The number of nitriles is 2. The highest BCUT2D eigenvalue weighted by Crippen LogP contribution is 2.27. The number of nitrogens with zero attached hydrogens (tertiary/aromatic N) is 4. The van der Waals surface area contributed by atoms with Crippen LogP contribution in [0.3, 0.4) is 0 Å². The van der Waals surface area contributed by atoms with Crippen molar-refractivity contribution in [2.75, 3.05) is 12.4 Å². The Labute approximate surface area is 112 Å². The second-order valence-electron chi connectivity index (χ2n) is 3.21. The van der Waals surface area contributed by atoms with E-state index in [1.807, 2.05) is 28.1 Å². The summed E-state index contributed by atoms with van der Waals surface area (Å²) in [5.41, 5.74) is 0.747. The number of allylic oxidation sites excluding steroid dienone is 1. The number of hydrogen-bond acceptors (Lipinski definition) is 6. The number of hydrogen-bond donors (Lipinski definition) is 1. The Morgan fingerprint density at radius 2 is 2.33 bits per heavy atom. The first kappa shape index (κ1) is 12.7. The fourth-order valence-electron chi connectivity index (χ4n) is 1.39. The molecule has 0 aliphatic rings. The molecule has 0 spiro atoms. The van der Waals surface area contributed by atoms with E-state index < -0.39 is 0 Å². The van der Waals surface area contributed by atoms with Crippen LogP contribution in [-0.2, 0) is 0 Å². The minimum absolute atomic E-state index is 0.0360. The summed E-state index contributed by atoms with van der Waals surface area (Å²) in [4.78, 5) is 5.20. The molecule has 90 valence electrons. The normalized spacial score (nSPS) is 9.94. The summed E-state index contributed by atoms with van der Waals surface area (Å²) in [6.45, 7) is 0.0579.